The van der Waals surface area contributed by atoms with Gasteiger partial charge in [0.05, 0.1) is 24.8 Å². The average Bonchev–Trinajstić information content (AvgIpc) is 3.47. The first-order valence-corrected chi connectivity index (χ1v) is 14.3. The number of carbonyl (C=O) groups is 2. The number of hydrogen-bond donors (Lipinski definition) is 1. The predicted octanol–water partition coefficient (Wildman–Crippen LogP) is 5.99. The topological polar surface area (TPSA) is 98.2 Å². The van der Waals surface area contributed by atoms with Crippen LogP contribution in [0, 0.1) is 0 Å². The second kappa shape index (κ2) is 12.5. The Morgan fingerprint density at radius 3 is 2.59 bits per heavy atom. The monoisotopic (exact) mass is 556 g/mol. The van der Waals surface area contributed by atoms with Crippen molar-refractivity contribution in [2.75, 3.05) is 13.2 Å². The van der Waals surface area contributed by atoms with Crippen molar-refractivity contribution in [2.24, 2.45) is 0 Å². The van der Waals surface area contributed by atoms with Crippen LogP contribution in [0.15, 0.2) is 66.5 Å². The molecule has 0 saturated carbocycles. The van der Waals surface area contributed by atoms with Crippen molar-refractivity contribution < 1.29 is 28.9 Å². The Balaban J connectivity index is 1.59. The van der Waals surface area contributed by atoms with Gasteiger partial charge in [-0.05, 0) is 79.4 Å². The van der Waals surface area contributed by atoms with Crippen molar-refractivity contribution in [3.8, 4) is 17.2 Å². The largest absolute Gasteiger partial charge is 0.507 e. The van der Waals surface area contributed by atoms with Crippen LogP contribution < -0.4 is 14.2 Å². The Morgan fingerprint density at radius 2 is 1.83 bits per heavy atom. The van der Waals surface area contributed by atoms with Gasteiger partial charge < -0.3 is 24.2 Å². The van der Waals surface area contributed by atoms with E-state index in [0.29, 0.717) is 42.3 Å². The minimum atomic E-state index is -0.833. The summed E-state index contributed by atoms with van der Waals surface area (Å²) in [6.07, 6.45) is 7.12. The zero-order chi connectivity index (χ0) is 28.9. The molecule has 1 aromatic heterocycles. The lowest BCUT2D eigenvalue weighted by atomic mass is 9.94. The van der Waals surface area contributed by atoms with E-state index in [0.717, 1.165) is 36.1 Å². The highest BCUT2D eigenvalue weighted by Crippen LogP contribution is 2.43. The van der Waals surface area contributed by atoms with E-state index in [1.165, 1.54) is 4.90 Å². The number of aromatic nitrogens is 1. The third kappa shape index (κ3) is 5.92. The number of carbonyl (C=O) groups excluding carboxylic acids is 2. The zero-order valence-electron chi connectivity index (χ0n) is 23.8. The van der Waals surface area contributed by atoms with E-state index in [1.54, 1.807) is 42.7 Å². The quantitative estimate of drug-likeness (QED) is 0.134. The van der Waals surface area contributed by atoms with Gasteiger partial charge in [0.2, 0.25) is 0 Å². The molecular formula is C33H36N2O6. The van der Waals surface area contributed by atoms with Gasteiger partial charge in [-0.25, -0.2) is 0 Å². The molecule has 8 heteroatoms. The maximum absolute atomic E-state index is 13.6. The van der Waals surface area contributed by atoms with Gasteiger partial charge in [-0.15, -0.1) is 0 Å². The van der Waals surface area contributed by atoms with Crippen LogP contribution in [-0.2, 0) is 22.6 Å². The number of pyridine rings is 1. The molecule has 2 aromatic carbocycles. The van der Waals surface area contributed by atoms with Crippen LogP contribution in [-0.4, -0.2) is 46.0 Å². The molecule has 0 radical (unpaired) electrons. The van der Waals surface area contributed by atoms with Gasteiger partial charge in [0.15, 0.2) is 11.5 Å². The summed E-state index contributed by atoms with van der Waals surface area (Å²) in [7, 11) is 0. The second-order valence-corrected chi connectivity index (χ2v) is 10.4. The lowest BCUT2D eigenvalue weighted by Crippen LogP contribution is -2.29. The van der Waals surface area contributed by atoms with Gasteiger partial charge in [-0.1, -0.05) is 25.8 Å². The number of amides is 1. The number of ether oxygens (including phenoxy) is 3. The van der Waals surface area contributed by atoms with E-state index in [4.69, 9.17) is 14.2 Å². The van der Waals surface area contributed by atoms with Gasteiger partial charge in [0.1, 0.15) is 17.6 Å². The number of unbranched alkanes of at least 4 members (excludes halogenated alkanes) is 2. The Labute approximate surface area is 240 Å². The van der Waals surface area contributed by atoms with Crippen LogP contribution >= 0.6 is 0 Å². The van der Waals surface area contributed by atoms with Gasteiger partial charge in [-0.3, -0.25) is 14.6 Å². The Bertz CT molecular complexity index is 1450. The summed E-state index contributed by atoms with van der Waals surface area (Å²) in [6, 6.07) is 13.6. The highest BCUT2D eigenvalue weighted by Gasteiger charge is 2.46. The van der Waals surface area contributed by atoms with Gasteiger partial charge in [0.25, 0.3) is 11.7 Å². The number of benzene rings is 2. The first-order chi connectivity index (χ1) is 19.9. The average molecular weight is 557 g/mol. The molecule has 0 spiro atoms. The molecule has 214 valence electrons. The number of Topliss-reactive ketones (excluding diaryl/α,β-unsaturated/α-hetero) is 1. The highest BCUT2D eigenvalue weighted by molar-refractivity contribution is 6.46. The minimum Gasteiger partial charge on any atom is -0.507 e. The number of hydrogen-bond acceptors (Lipinski definition) is 7. The fraction of sp³-hybridized carbons (Fsp3) is 0.364. The summed E-state index contributed by atoms with van der Waals surface area (Å²) in [5.41, 5.74) is 2.91. The van der Waals surface area contributed by atoms with Crippen molar-refractivity contribution in [3.05, 3.63) is 88.8 Å². The molecule has 0 aliphatic carbocycles. The molecule has 1 saturated heterocycles. The number of nitrogens with zero attached hydrogens (tertiary/aromatic N) is 2. The fourth-order valence-electron chi connectivity index (χ4n) is 5.42. The highest BCUT2D eigenvalue weighted by atomic mass is 16.5. The summed E-state index contributed by atoms with van der Waals surface area (Å²) < 4.78 is 17.8. The van der Waals surface area contributed by atoms with Crippen molar-refractivity contribution >= 4 is 17.4 Å². The van der Waals surface area contributed by atoms with E-state index in [1.807, 2.05) is 32.0 Å². The van der Waals surface area contributed by atoms with Crippen molar-refractivity contribution in [3.63, 3.8) is 0 Å². The smallest absolute Gasteiger partial charge is 0.295 e. The minimum absolute atomic E-state index is 0.0352. The number of fused-ring (bicyclic) bond motifs is 1. The van der Waals surface area contributed by atoms with Crippen LogP contribution in [0.1, 0.15) is 68.3 Å². The summed E-state index contributed by atoms with van der Waals surface area (Å²) >= 11 is 0. The third-order valence-corrected chi connectivity index (χ3v) is 7.40. The molecule has 0 bridgehead atoms. The molecule has 3 heterocycles. The zero-order valence-corrected chi connectivity index (χ0v) is 23.8. The molecule has 8 nitrogen and oxygen atoms in total. The first-order valence-electron chi connectivity index (χ1n) is 14.3. The fourth-order valence-corrected chi connectivity index (χ4v) is 5.42. The predicted molar refractivity (Wildman–Crippen MR) is 155 cm³/mol. The lowest BCUT2D eigenvalue weighted by molar-refractivity contribution is -0.140. The summed E-state index contributed by atoms with van der Waals surface area (Å²) in [6.45, 7) is 7.16. The van der Waals surface area contributed by atoms with Gasteiger partial charge in [0, 0.05) is 30.9 Å². The maximum Gasteiger partial charge on any atom is 0.295 e. The Kier molecular flexibility index (Phi) is 8.57. The first kappa shape index (κ1) is 28.2. The Hall–Kier alpha value is -4.33. The number of ketones is 1. The van der Waals surface area contributed by atoms with Crippen LogP contribution in [0.4, 0.5) is 0 Å². The summed E-state index contributed by atoms with van der Waals surface area (Å²) in [5.74, 6) is 0.268. The Morgan fingerprint density at radius 1 is 1.02 bits per heavy atom. The van der Waals surface area contributed by atoms with E-state index in [9.17, 15) is 14.7 Å². The maximum atomic E-state index is 13.6. The molecule has 1 fully saturated rings. The van der Waals surface area contributed by atoms with Gasteiger partial charge >= 0.3 is 0 Å². The van der Waals surface area contributed by atoms with E-state index in [2.05, 4.69) is 11.9 Å². The van der Waals surface area contributed by atoms with Crippen LogP contribution in [0.2, 0.25) is 0 Å². The SMILES string of the molecule is CCCCCOc1ccc([C@@H]2/C(=C(\O)c3ccc4c(c3)C[C@H](C)O4)C(=O)C(=O)N2Cc2ccncc2)cc1OCC. The van der Waals surface area contributed by atoms with Crippen molar-refractivity contribution in [2.45, 2.75) is 65.1 Å². The molecule has 0 unspecified atom stereocenters. The molecular weight excluding hydrogens is 520 g/mol. The molecule has 3 aromatic rings. The van der Waals surface area contributed by atoms with Crippen molar-refractivity contribution in [1.82, 2.24) is 9.88 Å². The van der Waals surface area contributed by atoms with E-state index < -0.39 is 17.7 Å². The standard InChI is InChI=1S/C33H36N2O6/c1-4-6-7-16-40-27-11-8-23(19-28(27)39-5-2)30-29(31(36)24-9-10-26-25(18-24)17-21(3)41-26)32(37)33(38)35(30)20-22-12-14-34-15-13-22/h8-15,18-19,21,30,36H,4-7,16-17,20H2,1-3H3/b31-29+/t21-,30+/m0/s1. The number of aliphatic hydroxyl groups excluding tert-OH is 1. The molecule has 1 amide bonds. The van der Waals surface area contributed by atoms with E-state index >= 15 is 0 Å². The number of rotatable bonds is 11. The molecule has 2 aliphatic rings. The summed E-state index contributed by atoms with van der Waals surface area (Å²) in [5, 5.41) is 11.6. The normalized spacial score (nSPS) is 19.2. The lowest BCUT2D eigenvalue weighted by Gasteiger charge is -2.26. The number of aliphatic hydroxyl groups is 1. The number of likely N-dealkylation sites (tertiary alicyclic amines) is 1. The van der Waals surface area contributed by atoms with Crippen LogP contribution in [0.5, 0.6) is 17.2 Å². The second-order valence-electron chi connectivity index (χ2n) is 10.4. The molecule has 1 N–H and O–H groups in total. The van der Waals surface area contributed by atoms with E-state index in [-0.39, 0.29) is 24.0 Å². The molecule has 41 heavy (non-hydrogen) atoms. The van der Waals surface area contributed by atoms with Crippen LogP contribution in [0.25, 0.3) is 5.76 Å². The third-order valence-electron chi connectivity index (χ3n) is 7.40. The van der Waals surface area contributed by atoms with Crippen LogP contribution in [0.3, 0.4) is 0 Å². The van der Waals surface area contributed by atoms with Gasteiger partial charge in [-0.2, -0.15) is 0 Å². The molecule has 2 aliphatic heterocycles. The molecule has 5 rings (SSSR count). The molecule has 2 atom stereocenters. The van der Waals surface area contributed by atoms with Crippen molar-refractivity contribution in [1.29, 1.82) is 0 Å². The summed E-state index contributed by atoms with van der Waals surface area (Å²) in [4.78, 5) is 32.6.